The van der Waals surface area contributed by atoms with Crippen LogP contribution >= 0.6 is 0 Å². The van der Waals surface area contributed by atoms with E-state index in [1.54, 1.807) is 12.1 Å². The molecular weight excluding hydrogens is 358 g/mol. The topological polar surface area (TPSA) is 66.0 Å². The molecule has 1 aliphatic rings. The average Bonchev–Trinajstić information content (AvgIpc) is 2.65. The van der Waals surface area contributed by atoms with E-state index < -0.39 is 0 Å². The summed E-state index contributed by atoms with van der Waals surface area (Å²) in [6.07, 6.45) is 0.666. The quantitative estimate of drug-likeness (QED) is 0.841. The summed E-state index contributed by atoms with van der Waals surface area (Å²) in [6, 6.07) is 9.19. The van der Waals surface area contributed by atoms with Crippen LogP contribution in [0.2, 0.25) is 0 Å². The molecule has 1 unspecified atom stereocenters. The van der Waals surface area contributed by atoms with Crippen LogP contribution in [0, 0.1) is 6.92 Å². The predicted octanol–water partition coefficient (Wildman–Crippen LogP) is 4.05. The van der Waals surface area contributed by atoms with Crippen molar-refractivity contribution in [2.24, 2.45) is 0 Å². The number of hydrogen-bond acceptors (Lipinski definition) is 5. The number of amides is 1. The Kier molecular flexibility index (Phi) is 5.40. The molecule has 6 heteroatoms. The second-order valence-electron chi connectivity index (χ2n) is 7.55. The van der Waals surface area contributed by atoms with Crippen molar-refractivity contribution < 1.29 is 23.7 Å². The fraction of sp³-hybridized carbons (Fsp3) is 0.409. The van der Waals surface area contributed by atoms with Gasteiger partial charge < -0.3 is 24.3 Å². The van der Waals surface area contributed by atoms with Gasteiger partial charge in [-0.2, -0.15) is 0 Å². The lowest BCUT2D eigenvalue weighted by Crippen LogP contribution is -2.41. The molecule has 28 heavy (non-hydrogen) atoms. The number of fused-ring (bicyclic) bond motifs is 1. The molecule has 0 bridgehead atoms. The number of carbonyl (C=O) groups excluding carboxylic acids is 1. The Morgan fingerprint density at radius 1 is 1.07 bits per heavy atom. The summed E-state index contributed by atoms with van der Waals surface area (Å²) < 4.78 is 22.2. The minimum Gasteiger partial charge on any atom is -0.493 e. The Bertz CT molecular complexity index is 865. The zero-order chi connectivity index (χ0) is 20.5. The van der Waals surface area contributed by atoms with E-state index in [4.69, 9.17) is 18.9 Å². The lowest BCUT2D eigenvalue weighted by Gasteiger charge is -2.38. The molecule has 1 aliphatic heterocycles. The molecule has 1 atom stereocenters. The Morgan fingerprint density at radius 3 is 2.29 bits per heavy atom. The van der Waals surface area contributed by atoms with Crippen LogP contribution < -0.4 is 24.3 Å². The monoisotopic (exact) mass is 385 g/mol. The molecule has 150 valence electrons. The Morgan fingerprint density at radius 2 is 1.71 bits per heavy atom. The minimum atomic E-state index is -0.381. The first-order valence-corrected chi connectivity index (χ1v) is 9.18. The fourth-order valence-electron chi connectivity index (χ4n) is 3.54. The van der Waals surface area contributed by atoms with E-state index in [1.165, 1.54) is 21.3 Å². The van der Waals surface area contributed by atoms with E-state index in [1.807, 2.05) is 39.0 Å². The van der Waals surface area contributed by atoms with E-state index in [0.29, 0.717) is 29.2 Å². The number of methoxy groups -OCH3 is 3. The van der Waals surface area contributed by atoms with E-state index in [0.717, 1.165) is 16.9 Å². The van der Waals surface area contributed by atoms with Gasteiger partial charge in [-0.05, 0) is 44.5 Å². The molecule has 0 fully saturated rings. The standard InChI is InChI=1S/C22H27NO5/c1-13-7-8-15-16(12-22(2,3)28-17(15)9-13)23-21(24)14-10-18(25-4)20(27-6)19(11-14)26-5/h7-11,16H,12H2,1-6H3,(H,23,24). The van der Waals surface area contributed by atoms with Gasteiger partial charge in [0.25, 0.3) is 5.91 Å². The average molecular weight is 385 g/mol. The van der Waals surface area contributed by atoms with Gasteiger partial charge in [0.05, 0.1) is 27.4 Å². The van der Waals surface area contributed by atoms with Gasteiger partial charge in [0, 0.05) is 17.5 Å². The Balaban J connectivity index is 1.93. The highest BCUT2D eigenvalue weighted by atomic mass is 16.5. The summed E-state index contributed by atoms with van der Waals surface area (Å²) in [4.78, 5) is 13.0. The molecule has 0 saturated heterocycles. The van der Waals surface area contributed by atoms with E-state index >= 15 is 0 Å². The van der Waals surface area contributed by atoms with Crippen molar-refractivity contribution in [3.63, 3.8) is 0 Å². The summed E-state index contributed by atoms with van der Waals surface area (Å²) in [7, 11) is 4.58. The van der Waals surface area contributed by atoms with Gasteiger partial charge in [-0.3, -0.25) is 4.79 Å². The van der Waals surface area contributed by atoms with Crippen LogP contribution in [-0.4, -0.2) is 32.8 Å². The third-order valence-corrected chi connectivity index (χ3v) is 4.86. The maximum atomic E-state index is 13.0. The van der Waals surface area contributed by atoms with Crippen LogP contribution in [-0.2, 0) is 0 Å². The third kappa shape index (κ3) is 3.86. The van der Waals surface area contributed by atoms with Crippen molar-refractivity contribution >= 4 is 5.91 Å². The highest BCUT2D eigenvalue weighted by molar-refractivity contribution is 5.96. The first kappa shape index (κ1) is 19.9. The summed E-state index contributed by atoms with van der Waals surface area (Å²) in [5, 5.41) is 3.14. The van der Waals surface area contributed by atoms with Crippen molar-refractivity contribution in [2.75, 3.05) is 21.3 Å². The largest absolute Gasteiger partial charge is 0.493 e. The first-order valence-electron chi connectivity index (χ1n) is 9.18. The van der Waals surface area contributed by atoms with Crippen LogP contribution in [0.15, 0.2) is 30.3 Å². The Labute approximate surface area is 165 Å². The number of ether oxygens (including phenoxy) is 4. The molecule has 1 N–H and O–H groups in total. The van der Waals surface area contributed by atoms with E-state index in [2.05, 4.69) is 5.32 Å². The van der Waals surface area contributed by atoms with Gasteiger partial charge >= 0.3 is 0 Å². The van der Waals surface area contributed by atoms with Crippen LogP contribution in [0.25, 0.3) is 0 Å². The number of nitrogens with one attached hydrogen (secondary N) is 1. The number of benzene rings is 2. The summed E-state index contributed by atoms with van der Waals surface area (Å²) in [6.45, 7) is 6.07. The van der Waals surface area contributed by atoms with Gasteiger partial charge in [-0.25, -0.2) is 0 Å². The summed E-state index contributed by atoms with van der Waals surface area (Å²) in [5.41, 5.74) is 2.15. The van der Waals surface area contributed by atoms with Crippen LogP contribution in [0.5, 0.6) is 23.0 Å². The van der Waals surface area contributed by atoms with Crippen molar-refractivity contribution in [3.8, 4) is 23.0 Å². The van der Waals surface area contributed by atoms with Gasteiger partial charge in [0.15, 0.2) is 11.5 Å². The maximum absolute atomic E-state index is 13.0. The normalized spacial score (nSPS) is 17.1. The van der Waals surface area contributed by atoms with Crippen molar-refractivity contribution in [1.82, 2.24) is 5.32 Å². The second-order valence-corrected chi connectivity index (χ2v) is 7.55. The van der Waals surface area contributed by atoms with Crippen molar-refractivity contribution in [1.29, 1.82) is 0 Å². The van der Waals surface area contributed by atoms with Gasteiger partial charge in [-0.15, -0.1) is 0 Å². The zero-order valence-corrected chi connectivity index (χ0v) is 17.2. The number of rotatable bonds is 5. The minimum absolute atomic E-state index is 0.161. The van der Waals surface area contributed by atoms with Crippen LogP contribution in [0.3, 0.4) is 0 Å². The molecule has 3 rings (SSSR count). The lowest BCUT2D eigenvalue weighted by molar-refractivity contribution is 0.0619. The van der Waals surface area contributed by atoms with Gasteiger partial charge in [0.2, 0.25) is 5.75 Å². The number of hydrogen-bond donors (Lipinski definition) is 1. The highest BCUT2D eigenvalue weighted by Crippen LogP contribution is 2.41. The zero-order valence-electron chi connectivity index (χ0n) is 17.2. The van der Waals surface area contributed by atoms with Gasteiger partial charge in [-0.1, -0.05) is 12.1 Å². The third-order valence-electron chi connectivity index (χ3n) is 4.86. The van der Waals surface area contributed by atoms with Gasteiger partial charge in [0.1, 0.15) is 11.4 Å². The lowest BCUT2D eigenvalue weighted by atomic mass is 9.89. The molecule has 2 aromatic rings. The SMILES string of the molecule is COc1cc(C(=O)NC2CC(C)(C)Oc3cc(C)ccc32)cc(OC)c1OC. The molecule has 0 saturated carbocycles. The number of carbonyl (C=O) groups is 1. The van der Waals surface area contributed by atoms with Crippen molar-refractivity contribution in [2.45, 2.75) is 38.8 Å². The smallest absolute Gasteiger partial charge is 0.252 e. The number of aryl methyl sites for hydroxylation is 1. The first-order chi connectivity index (χ1) is 13.3. The second kappa shape index (κ2) is 7.62. The molecule has 1 amide bonds. The molecule has 1 heterocycles. The molecule has 0 spiro atoms. The molecule has 0 aromatic heterocycles. The van der Waals surface area contributed by atoms with Crippen LogP contribution in [0.4, 0.5) is 0 Å². The van der Waals surface area contributed by atoms with E-state index in [9.17, 15) is 4.79 Å². The highest BCUT2D eigenvalue weighted by Gasteiger charge is 2.35. The molecule has 0 radical (unpaired) electrons. The van der Waals surface area contributed by atoms with Crippen molar-refractivity contribution in [3.05, 3.63) is 47.0 Å². The fourth-order valence-corrected chi connectivity index (χ4v) is 3.54. The Hall–Kier alpha value is -2.89. The molecule has 0 aliphatic carbocycles. The van der Waals surface area contributed by atoms with Crippen LogP contribution in [0.1, 0.15) is 47.8 Å². The summed E-state index contributed by atoms with van der Waals surface area (Å²) in [5.74, 6) is 1.93. The molecule has 6 nitrogen and oxygen atoms in total. The molecular formula is C22H27NO5. The van der Waals surface area contributed by atoms with E-state index in [-0.39, 0.29) is 17.6 Å². The predicted molar refractivity (Wildman–Crippen MR) is 107 cm³/mol. The maximum Gasteiger partial charge on any atom is 0.252 e. The molecule has 2 aromatic carbocycles. The summed E-state index contributed by atoms with van der Waals surface area (Å²) >= 11 is 0.